The maximum Gasteiger partial charge on any atom is 0.00755 e. The molecule has 22 heavy (non-hydrogen) atoms. The molecule has 0 aliphatic heterocycles. The number of nitrogens with two attached hydrogens (primary N) is 1. The molecule has 3 rings (SSSR count). The van der Waals surface area contributed by atoms with Crippen molar-refractivity contribution in [3.8, 4) is 0 Å². The van der Waals surface area contributed by atoms with Crippen LogP contribution in [-0.4, -0.2) is 6.54 Å². The van der Waals surface area contributed by atoms with Crippen LogP contribution >= 0.6 is 0 Å². The molecule has 2 saturated carbocycles. The Morgan fingerprint density at radius 3 is 2.23 bits per heavy atom. The standard InChI is InChI=1S/C21H33N/c1-20(2)12-6-7-18(15-20)17-8-10-19(11-9-17)21(16-22)13-4-3-5-14-21/h8-11,18H,3-7,12-16,22H2,1-2H3. The Morgan fingerprint density at radius 1 is 0.955 bits per heavy atom. The van der Waals surface area contributed by atoms with E-state index in [1.165, 1.54) is 63.4 Å². The van der Waals surface area contributed by atoms with Crippen molar-refractivity contribution in [1.82, 2.24) is 0 Å². The van der Waals surface area contributed by atoms with E-state index in [2.05, 4.69) is 38.1 Å². The van der Waals surface area contributed by atoms with Gasteiger partial charge in [0.15, 0.2) is 0 Å². The maximum absolute atomic E-state index is 6.19. The highest BCUT2D eigenvalue weighted by atomic mass is 14.6. The molecule has 1 nitrogen and oxygen atoms in total. The van der Waals surface area contributed by atoms with Gasteiger partial charge in [0, 0.05) is 12.0 Å². The van der Waals surface area contributed by atoms with Crippen molar-refractivity contribution in [2.45, 2.75) is 83.0 Å². The smallest absolute Gasteiger partial charge is 0.00755 e. The van der Waals surface area contributed by atoms with Gasteiger partial charge in [-0.3, -0.25) is 0 Å². The van der Waals surface area contributed by atoms with Crippen molar-refractivity contribution in [2.24, 2.45) is 11.1 Å². The van der Waals surface area contributed by atoms with Gasteiger partial charge in [0.25, 0.3) is 0 Å². The van der Waals surface area contributed by atoms with E-state index in [4.69, 9.17) is 5.73 Å². The lowest BCUT2D eigenvalue weighted by Crippen LogP contribution is -2.37. The third kappa shape index (κ3) is 3.25. The Hall–Kier alpha value is -0.820. The summed E-state index contributed by atoms with van der Waals surface area (Å²) in [6, 6.07) is 9.62. The summed E-state index contributed by atoms with van der Waals surface area (Å²) in [5.41, 5.74) is 10.0. The largest absolute Gasteiger partial charge is 0.330 e. The first-order valence-corrected chi connectivity index (χ1v) is 9.35. The fourth-order valence-electron chi connectivity index (χ4n) is 4.93. The summed E-state index contributed by atoms with van der Waals surface area (Å²) in [5, 5.41) is 0. The zero-order valence-electron chi connectivity index (χ0n) is 14.5. The fourth-order valence-corrected chi connectivity index (χ4v) is 4.93. The molecular formula is C21H33N. The molecule has 0 heterocycles. The second kappa shape index (κ2) is 6.35. The van der Waals surface area contributed by atoms with Crippen LogP contribution in [-0.2, 0) is 5.41 Å². The predicted octanol–water partition coefficient (Wildman–Crippen LogP) is 5.53. The summed E-state index contributed by atoms with van der Waals surface area (Å²) in [6.45, 7) is 5.67. The van der Waals surface area contributed by atoms with Gasteiger partial charge in [-0.15, -0.1) is 0 Å². The number of benzene rings is 1. The molecule has 1 atom stereocenters. The van der Waals surface area contributed by atoms with Gasteiger partial charge in [-0.05, 0) is 54.6 Å². The Balaban J connectivity index is 1.77. The zero-order chi connectivity index (χ0) is 15.6. The van der Waals surface area contributed by atoms with Gasteiger partial charge in [0.2, 0.25) is 0 Å². The topological polar surface area (TPSA) is 26.0 Å². The summed E-state index contributed by atoms with van der Waals surface area (Å²) in [7, 11) is 0. The maximum atomic E-state index is 6.19. The van der Waals surface area contributed by atoms with E-state index >= 15 is 0 Å². The summed E-state index contributed by atoms with van der Waals surface area (Å²) in [4.78, 5) is 0. The molecule has 0 bridgehead atoms. The van der Waals surface area contributed by atoms with Crippen LogP contribution in [0.5, 0.6) is 0 Å². The number of hydrogen-bond acceptors (Lipinski definition) is 1. The van der Waals surface area contributed by atoms with E-state index in [0.717, 1.165) is 12.5 Å². The first-order chi connectivity index (χ1) is 10.5. The lowest BCUT2D eigenvalue weighted by molar-refractivity contribution is 0.219. The van der Waals surface area contributed by atoms with E-state index in [-0.39, 0.29) is 5.41 Å². The molecule has 122 valence electrons. The van der Waals surface area contributed by atoms with Crippen molar-refractivity contribution in [3.63, 3.8) is 0 Å². The van der Waals surface area contributed by atoms with Crippen LogP contribution in [0, 0.1) is 5.41 Å². The zero-order valence-corrected chi connectivity index (χ0v) is 14.5. The molecule has 2 fully saturated rings. The molecule has 2 aliphatic carbocycles. The lowest BCUT2D eigenvalue weighted by atomic mass is 9.68. The van der Waals surface area contributed by atoms with Gasteiger partial charge >= 0.3 is 0 Å². The minimum absolute atomic E-state index is 0.266. The van der Waals surface area contributed by atoms with E-state index in [1.807, 2.05) is 0 Å². The van der Waals surface area contributed by atoms with Crippen molar-refractivity contribution in [1.29, 1.82) is 0 Å². The third-order valence-corrected chi connectivity index (χ3v) is 6.40. The normalized spacial score (nSPS) is 27.5. The first kappa shape index (κ1) is 16.1. The summed E-state index contributed by atoms with van der Waals surface area (Å²) >= 11 is 0. The van der Waals surface area contributed by atoms with E-state index in [9.17, 15) is 0 Å². The molecule has 0 saturated heterocycles. The molecule has 1 unspecified atom stereocenters. The first-order valence-electron chi connectivity index (χ1n) is 9.35. The van der Waals surface area contributed by atoms with Crippen LogP contribution in [0.2, 0.25) is 0 Å². The van der Waals surface area contributed by atoms with Crippen LogP contribution in [0.15, 0.2) is 24.3 Å². The van der Waals surface area contributed by atoms with Gasteiger partial charge in [-0.1, -0.05) is 63.8 Å². The Kier molecular flexibility index (Phi) is 4.64. The van der Waals surface area contributed by atoms with E-state index < -0.39 is 0 Å². The summed E-state index contributed by atoms with van der Waals surface area (Å²) in [5.74, 6) is 0.762. The second-order valence-corrected chi connectivity index (χ2v) is 8.62. The van der Waals surface area contributed by atoms with Crippen LogP contribution in [0.1, 0.15) is 88.7 Å². The van der Waals surface area contributed by atoms with Crippen LogP contribution in [0.25, 0.3) is 0 Å². The molecule has 0 spiro atoms. The molecule has 0 aromatic heterocycles. The number of rotatable bonds is 3. The van der Waals surface area contributed by atoms with Gasteiger partial charge in [-0.2, -0.15) is 0 Å². The van der Waals surface area contributed by atoms with Crippen molar-refractivity contribution in [2.75, 3.05) is 6.54 Å². The van der Waals surface area contributed by atoms with Crippen molar-refractivity contribution < 1.29 is 0 Å². The van der Waals surface area contributed by atoms with Crippen LogP contribution in [0.4, 0.5) is 0 Å². The fraction of sp³-hybridized carbons (Fsp3) is 0.714. The van der Waals surface area contributed by atoms with Gasteiger partial charge in [0.1, 0.15) is 0 Å². The predicted molar refractivity (Wildman–Crippen MR) is 95.2 cm³/mol. The Bertz CT molecular complexity index is 479. The molecule has 0 radical (unpaired) electrons. The van der Waals surface area contributed by atoms with Crippen LogP contribution < -0.4 is 5.73 Å². The molecule has 1 aromatic rings. The Labute approximate surface area is 136 Å². The summed E-state index contributed by atoms with van der Waals surface area (Å²) < 4.78 is 0. The average molecular weight is 300 g/mol. The monoisotopic (exact) mass is 299 g/mol. The molecule has 0 amide bonds. The van der Waals surface area contributed by atoms with E-state index in [0.29, 0.717) is 5.41 Å². The highest BCUT2D eigenvalue weighted by Crippen LogP contribution is 2.44. The second-order valence-electron chi connectivity index (χ2n) is 8.62. The molecule has 2 N–H and O–H groups in total. The minimum Gasteiger partial charge on any atom is -0.330 e. The lowest BCUT2D eigenvalue weighted by Gasteiger charge is -2.38. The molecule has 2 aliphatic rings. The van der Waals surface area contributed by atoms with E-state index in [1.54, 1.807) is 5.56 Å². The Morgan fingerprint density at radius 2 is 1.64 bits per heavy atom. The van der Waals surface area contributed by atoms with Crippen molar-refractivity contribution in [3.05, 3.63) is 35.4 Å². The van der Waals surface area contributed by atoms with Gasteiger partial charge < -0.3 is 5.73 Å². The van der Waals surface area contributed by atoms with Gasteiger partial charge in [-0.25, -0.2) is 0 Å². The molecular weight excluding hydrogens is 266 g/mol. The quantitative estimate of drug-likeness (QED) is 0.780. The summed E-state index contributed by atoms with van der Waals surface area (Å²) in [6.07, 6.45) is 12.1. The SMILES string of the molecule is CC1(C)CCCC(c2ccc(C3(CN)CCCCC3)cc2)C1. The molecule has 1 heteroatoms. The minimum atomic E-state index is 0.266. The third-order valence-electron chi connectivity index (χ3n) is 6.40. The van der Waals surface area contributed by atoms with Gasteiger partial charge in [0.05, 0.1) is 0 Å². The number of hydrogen-bond donors (Lipinski definition) is 1. The average Bonchev–Trinajstić information content (AvgIpc) is 2.55. The van der Waals surface area contributed by atoms with Crippen LogP contribution in [0.3, 0.4) is 0 Å². The highest BCUT2D eigenvalue weighted by molar-refractivity contribution is 5.32. The highest BCUT2D eigenvalue weighted by Gasteiger charge is 2.33. The molecule has 1 aromatic carbocycles. The van der Waals surface area contributed by atoms with Crippen molar-refractivity contribution >= 4 is 0 Å².